The van der Waals surface area contributed by atoms with Crippen LogP contribution in [0.15, 0.2) is 42.6 Å². The van der Waals surface area contributed by atoms with Gasteiger partial charge in [-0.25, -0.2) is 0 Å². The summed E-state index contributed by atoms with van der Waals surface area (Å²) >= 11 is 0. The molecule has 1 heterocycles. The lowest BCUT2D eigenvalue weighted by atomic mass is 9.82. The molecule has 4 heteroatoms. The van der Waals surface area contributed by atoms with Crippen LogP contribution >= 0.6 is 0 Å². The standard InChI is InChI=1S/C21H29BNO2/c1-19(2,3)16-12-13-23-18(14-16)15-8-10-17(11-9-15)22-25-21(6,7)20(4,5)24/h8-14,24H,1-7H3. The van der Waals surface area contributed by atoms with Gasteiger partial charge in [-0.1, -0.05) is 50.5 Å². The minimum absolute atomic E-state index is 0.0991. The lowest BCUT2D eigenvalue weighted by Gasteiger charge is -2.37. The molecule has 0 atom stereocenters. The van der Waals surface area contributed by atoms with Gasteiger partial charge in [-0.3, -0.25) is 4.98 Å². The average molecular weight is 338 g/mol. The minimum Gasteiger partial charge on any atom is -0.427 e. The Morgan fingerprint density at radius 1 is 0.920 bits per heavy atom. The molecule has 0 aliphatic carbocycles. The molecule has 133 valence electrons. The SMILES string of the molecule is CC(C)(C)c1ccnc(-c2ccc([B]OC(C)(C)C(C)(C)O)cc2)c1. The molecule has 0 spiro atoms. The molecule has 0 aliphatic rings. The third-order valence-electron chi connectivity index (χ3n) is 4.80. The molecule has 25 heavy (non-hydrogen) atoms. The molecule has 1 aromatic heterocycles. The summed E-state index contributed by atoms with van der Waals surface area (Å²) in [5.41, 5.74) is 2.76. The van der Waals surface area contributed by atoms with E-state index in [1.54, 1.807) is 21.3 Å². The van der Waals surface area contributed by atoms with E-state index in [2.05, 4.69) is 37.9 Å². The van der Waals surface area contributed by atoms with Gasteiger partial charge in [0.05, 0.1) is 16.9 Å². The molecular weight excluding hydrogens is 309 g/mol. The number of hydrogen-bond donors (Lipinski definition) is 1. The van der Waals surface area contributed by atoms with Crippen LogP contribution in [0.3, 0.4) is 0 Å². The zero-order valence-corrected chi connectivity index (χ0v) is 16.4. The van der Waals surface area contributed by atoms with E-state index < -0.39 is 11.2 Å². The van der Waals surface area contributed by atoms with Gasteiger partial charge < -0.3 is 9.76 Å². The summed E-state index contributed by atoms with van der Waals surface area (Å²) in [5.74, 6) is 0. The zero-order valence-electron chi connectivity index (χ0n) is 16.4. The molecule has 0 unspecified atom stereocenters. The first-order valence-corrected chi connectivity index (χ1v) is 8.70. The Balaban J connectivity index is 2.13. The van der Waals surface area contributed by atoms with Crippen molar-refractivity contribution in [2.24, 2.45) is 0 Å². The number of hydrogen-bond acceptors (Lipinski definition) is 3. The molecule has 1 radical (unpaired) electrons. The van der Waals surface area contributed by atoms with Crippen LogP contribution in [0.4, 0.5) is 0 Å². The molecule has 1 aromatic carbocycles. The Morgan fingerprint density at radius 2 is 1.52 bits per heavy atom. The molecule has 3 nitrogen and oxygen atoms in total. The Labute approximate surface area is 152 Å². The molecule has 2 aromatic rings. The summed E-state index contributed by atoms with van der Waals surface area (Å²) in [7, 11) is 1.70. The van der Waals surface area contributed by atoms with Crippen LogP contribution in [0.25, 0.3) is 11.3 Å². The number of aromatic nitrogens is 1. The Bertz CT molecular complexity index is 710. The van der Waals surface area contributed by atoms with E-state index in [0.29, 0.717) is 0 Å². The highest BCUT2D eigenvalue weighted by Crippen LogP contribution is 2.26. The van der Waals surface area contributed by atoms with Crippen LogP contribution < -0.4 is 5.46 Å². The van der Waals surface area contributed by atoms with E-state index in [9.17, 15) is 5.11 Å². The largest absolute Gasteiger partial charge is 0.427 e. The van der Waals surface area contributed by atoms with Crippen LogP contribution in [0.5, 0.6) is 0 Å². The maximum absolute atomic E-state index is 10.2. The lowest BCUT2D eigenvalue weighted by Crippen LogP contribution is -2.49. The first kappa shape index (κ1) is 19.7. The van der Waals surface area contributed by atoms with Crippen molar-refractivity contribution in [3.8, 4) is 11.3 Å². The van der Waals surface area contributed by atoms with Gasteiger partial charge in [0.25, 0.3) is 0 Å². The van der Waals surface area contributed by atoms with Gasteiger partial charge in [0.15, 0.2) is 0 Å². The second-order valence-electron chi connectivity index (χ2n) is 8.61. The van der Waals surface area contributed by atoms with E-state index in [1.807, 2.05) is 44.3 Å². The quantitative estimate of drug-likeness (QED) is 0.842. The Morgan fingerprint density at radius 3 is 2.04 bits per heavy atom. The van der Waals surface area contributed by atoms with Crippen molar-refractivity contribution in [3.63, 3.8) is 0 Å². The summed E-state index contributed by atoms with van der Waals surface area (Å²) in [6.07, 6.45) is 1.87. The summed E-state index contributed by atoms with van der Waals surface area (Å²) < 4.78 is 5.80. The zero-order chi connectivity index (χ0) is 18.9. The summed E-state index contributed by atoms with van der Waals surface area (Å²) in [6.45, 7) is 13.8. The molecule has 0 aliphatic heterocycles. The van der Waals surface area contributed by atoms with Crippen molar-refractivity contribution < 1.29 is 9.76 Å². The van der Waals surface area contributed by atoms with Crippen LogP contribution in [0.2, 0.25) is 0 Å². The molecule has 0 saturated carbocycles. The van der Waals surface area contributed by atoms with Gasteiger partial charge in [0.2, 0.25) is 0 Å². The predicted molar refractivity (Wildman–Crippen MR) is 105 cm³/mol. The van der Waals surface area contributed by atoms with E-state index in [4.69, 9.17) is 4.65 Å². The highest BCUT2D eigenvalue weighted by atomic mass is 16.5. The number of nitrogens with zero attached hydrogens (tertiary/aromatic N) is 1. The molecule has 2 rings (SSSR count). The topological polar surface area (TPSA) is 42.4 Å². The summed E-state index contributed by atoms with van der Waals surface area (Å²) in [4.78, 5) is 4.50. The average Bonchev–Trinajstić information content (AvgIpc) is 2.52. The Kier molecular flexibility index (Phi) is 5.45. The van der Waals surface area contributed by atoms with Gasteiger partial charge in [-0.05, 0) is 50.8 Å². The highest BCUT2D eigenvalue weighted by Gasteiger charge is 2.35. The van der Waals surface area contributed by atoms with Crippen molar-refractivity contribution in [2.75, 3.05) is 0 Å². The van der Waals surface area contributed by atoms with E-state index in [1.165, 1.54) is 5.56 Å². The van der Waals surface area contributed by atoms with Crippen molar-refractivity contribution in [1.82, 2.24) is 4.98 Å². The van der Waals surface area contributed by atoms with Crippen molar-refractivity contribution in [2.45, 2.75) is 65.1 Å². The Hall–Kier alpha value is -1.65. The molecule has 0 bridgehead atoms. The fourth-order valence-corrected chi connectivity index (χ4v) is 2.15. The highest BCUT2D eigenvalue weighted by molar-refractivity contribution is 6.47. The lowest BCUT2D eigenvalue weighted by molar-refractivity contribution is -0.0893. The number of rotatable bonds is 5. The van der Waals surface area contributed by atoms with Crippen LogP contribution in [0.1, 0.15) is 54.0 Å². The van der Waals surface area contributed by atoms with Gasteiger partial charge in [0.1, 0.15) is 0 Å². The van der Waals surface area contributed by atoms with Gasteiger partial charge in [-0.2, -0.15) is 0 Å². The van der Waals surface area contributed by atoms with Gasteiger partial charge >= 0.3 is 7.48 Å². The van der Waals surface area contributed by atoms with Crippen LogP contribution in [-0.2, 0) is 10.1 Å². The second kappa shape index (κ2) is 6.93. The normalized spacial score (nSPS) is 13.0. The van der Waals surface area contributed by atoms with Gasteiger partial charge in [-0.15, -0.1) is 0 Å². The van der Waals surface area contributed by atoms with Crippen LogP contribution in [-0.4, -0.2) is 28.8 Å². The summed E-state index contributed by atoms with van der Waals surface area (Å²) in [6, 6.07) is 12.3. The van der Waals surface area contributed by atoms with Crippen molar-refractivity contribution >= 4 is 12.9 Å². The monoisotopic (exact) mass is 338 g/mol. The first-order chi connectivity index (χ1) is 11.4. The molecule has 1 N–H and O–H groups in total. The van der Waals surface area contributed by atoms with E-state index >= 15 is 0 Å². The molecule has 0 fully saturated rings. The third kappa shape index (κ3) is 4.93. The fourth-order valence-electron chi connectivity index (χ4n) is 2.15. The molecule has 0 amide bonds. The smallest absolute Gasteiger partial charge is 0.330 e. The fraction of sp³-hybridized carbons (Fsp3) is 0.476. The van der Waals surface area contributed by atoms with Crippen molar-refractivity contribution in [1.29, 1.82) is 0 Å². The van der Waals surface area contributed by atoms with E-state index in [0.717, 1.165) is 16.7 Å². The minimum atomic E-state index is -0.930. The third-order valence-corrected chi connectivity index (χ3v) is 4.80. The van der Waals surface area contributed by atoms with Crippen molar-refractivity contribution in [3.05, 3.63) is 48.2 Å². The number of aliphatic hydroxyl groups is 1. The maximum Gasteiger partial charge on any atom is 0.330 e. The summed E-state index contributed by atoms with van der Waals surface area (Å²) in [5, 5.41) is 10.2. The number of pyridine rings is 1. The molecule has 0 saturated heterocycles. The van der Waals surface area contributed by atoms with Gasteiger partial charge in [0, 0.05) is 11.8 Å². The number of benzene rings is 1. The second-order valence-corrected chi connectivity index (χ2v) is 8.61. The van der Waals surface area contributed by atoms with Crippen LogP contribution in [0, 0.1) is 0 Å². The molecular formula is C21H29BNO2. The maximum atomic E-state index is 10.2. The van der Waals surface area contributed by atoms with E-state index in [-0.39, 0.29) is 5.41 Å². The first-order valence-electron chi connectivity index (χ1n) is 8.70. The predicted octanol–water partition coefficient (Wildman–Crippen LogP) is 3.86.